The largest absolute Gasteiger partial charge is 0.492 e. The lowest BCUT2D eigenvalue weighted by Crippen LogP contribution is -2.03. The van der Waals surface area contributed by atoms with Crippen molar-refractivity contribution in [2.24, 2.45) is 0 Å². The summed E-state index contributed by atoms with van der Waals surface area (Å²) in [6.07, 6.45) is 0. The average Bonchev–Trinajstić information content (AvgIpc) is 2.42. The molecule has 0 heterocycles. The van der Waals surface area contributed by atoms with Gasteiger partial charge in [-0.15, -0.1) is 0 Å². The Bertz CT molecular complexity index is 599. The van der Waals surface area contributed by atoms with Crippen molar-refractivity contribution < 1.29 is 4.74 Å². The molecule has 4 heteroatoms. The van der Waals surface area contributed by atoms with Crippen LogP contribution in [0.3, 0.4) is 0 Å². The van der Waals surface area contributed by atoms with Crippen LogP contribution >= 0.6 is 23.2 Å². The molecule has 0 aromatic heterocycles. The minimum Gasteiger partial charge on any atom is -0.492 e. The Hall–Kier alpha value is -1.38. The summed E-state index contributed by atoms with van der Waals surface area (Å²) < 4.78 is 5.64. The highest BCUT2D eigenvalue weighted by molar-refractivity contribution is 6.42. The molecule has 0 radical (unpaired) electrons. The van der Waals surface area contributed by atoms with Gasteiger partial charge in [0.05, 0.1) is 22.3 Å². The molecule has 1 N–H and O–H groups in total. The molecular formula is C16H17Cl2NO. The predicted octanol–water partition coefficient (Wildman–Crippen LogP) is 5.31. The molecule has 0 aliphatic carbocycles. The molecule has 2 aromatic rings. The summed E-state index contributed by atoms with van der Waals surface area (Å²) in [5, 5.41) is 4.50. The first-order valence-electron chi connectivity index (χ1n) is 6.52. The summed E-state index contributed by atoms with van der Waals surface area (Å²) in [5.41, 5.74) is 3.08. The van der Waals surface area contributed by atoms with Gasteiger partial charge < -0.3 is 10.1 Å². The van der Waals surface area contributed by atoms with Gasteiger partial charge in [0, 0.05) is 6.54 Å². The fraction of sp³-hybridized carbons (Fsp3) is 0.250. The maximum absolute atomic E-state index is 6.18. The molecule has 2 aromatic carbocycles. The topological polar surface area (TPSA) is 21.3 Å². The Kier molecular flexibility index (Phi) is 5.16. The van der Waals surface area contributed by atoms with Crippen molar-refractivity contribution >= 4 is 28.9 Å². The molecule has 0 aliphatic heterocycles. The number of anilines is 1. The lowest BCUT2D eigenvalue weighted by atomic mass is 10.2. The van der Waals surface area contributed by atoms with Crippen LogP contribution in [0.2, 0.25) is 10.0 Å². The van der Waals surface area contributed by atoms with Crippen LogP contribution in [0.15, 0.2) is 36.4 Å². The minimum absolute atomic E-state index is 0.569. The van der Waals surface area contributed by atoms with Gasteiger partial charge in [0.2, 0.25) is 0 Å². The molecule has 0 unspecified atom stereocenters. The monoisotopic (exact) mass is 309 g/mol. The normalized spacial score (nSPS) is 10.4. The van der Waals surface area contributed by atoms with E-state index in [-0.39, 0.29) is 0 Å². The van der Waals surface area contributed by atoms with Crippen LogP contribution in [-0.2, 0) is 6.54 Å². The van der Waals surface area contributed by atoms with Crippen molar-refractivity contribution in [1.29, 1.82) is 0 Å². The maximum Gasteiger partial charge on any atom is 0.142 e. The van der Waals surface area contributed by atoms with E-state index in [1.165, 1.54) is 5.56 Å². The zero-order chi connectivity index (χ0) is 14.5. The Morgan fingerprint density at radius 2 is 1.95 bits per heavy atom. The zero-order valence-corrected chi connectivity index (χ0v) is 13.1. The third-order valence-electron chi connectivity index (χ3n) is 2.94. The summed E-state index contributed by atoms with van der Waals surface area (Å²) in [6.45, 7) is 5.25. The van der Waals surface area contributed by atoms with E-state index in [9.17, 15) is 0 Å². The van der Waals surface area contributed by atoms with Crippen LogP contribution in [0.4, 0.5) is 5.69 Å². The van der Waals surface area contributed by atoms with Crippen LogP contribution in [-0.4, -0.2) is 6.61 Å². The van der Waals surface area contributed by atoms with Crippen molar-refractivity contribution in [3.8, 4) is 5.75 Å². The van der Waals surface area contributed by atoms with E-state index in [1.807, 2.05) is 44.2 Å². The molecule has 0 aliphatic rings. The van der Waals surface area contributed by atoms with Crippen LogP contribution in [0.1, 0.15) is 18.1 Å². The zero-order valence-electron chi connectivity index (χ0n) is 11.5. The fourth-order valence-electron chi connectivity index (χ4n) is 1.93. The molecule has 0 fully saturated rings. The first-order valence-corrected chi connectivity index (χ1v) is 7.27. The molecule has 2 nitrogen and oxygen atoms in total. The average molecular weight is 310 g/mol. The van der Waals surface area contributed by atoms with Gasteiger partial charge >= 0.3 is 0 Å². The lowest BCUT2D eigenvalue weighted by Gasteiger charge is -2.14. The molecule has 0 atom stereocenters. The number of ether oxygens (including phenoxy) is 1. The highest BCUT2D eigenvalue weighted by Crippen LogP contribution is 2.29. The highest BCUT2D eigenvalue weighted by Gasteiger charge is 2.07. The maximum atomic E-state index is 6.18. The van der Waals surface area contributed by atoms with E-state index in [0.717, 1.165) is 17.0 Å². The predicted molar refractivity (Wildman–Crippen MR) is 86.1 cm³/mol. The van der Waals surface area contributed by atoms with Crippen molar-refractivity contribution in [2.45, 2.75) is 20.4 Å². The van der Waals surface area contributed by atoms with E-state index >= 15 is 0 Å². The molecule has 2 rings (SSSR count). The van der Waals surface area contributed by atoms with Gasteiger partial charge in [-0.25, -0.2) is 0 Å². The summed E-state index contributed by atoms with van der Waals surface area (Å²) >= 11 is 12.2. The summed E-state index contributed by atoms with van der Waals surface area (Å²) in [5.74, 6) is 0.852. The van der Waals surface area contributed by atoms with E-state index in [4.69, 9.17) is 27.9 Å². The van der Waals surface area contributed by atoms with Gasteiger partial charge in [0.15, 0.2) is 0 Å². The Morgan fingerprint density at radius 1 is 1.15 bits per heavy atom. The Morgan fingerprint density at radius 3 is 2.70 bits per heavy atom. The molecular weight excluding hydrogens is 293 g/mol. The van der Waals surface area contributed by atoms with E-state index in [0.29, 0.717) is 23.2 Å². The number of benzene rings is 2. The van der Waals surface area contributed by atoms with Crippen LogP contribution in [0.5, 0.6) is 5.75 Å². The smallest absolute Gasteiger partial charge is 0.142 e. The number of halogens is 2. The van der Waals surface area contributed by atoms with E-state index in [2.05, 4.69) is 5.32 Å². The number of rotatable bonds is 5. The first kappa shape index (κ1) is 15.0. The van der Waals surface area contributed by atoms with Crippen LogP contribution in [0.25, 0.3) is 0 Å². The second-order valence-electron chi connectivity index (χ2n) is 4.50. The van der Waals surface area contributed by atoms with Crippen molar-refractivity contribution in [2.75, 3.05) is 11.9 Å². The second kappa shape index (κ2) is 6.87. The molecule has 0 bridgehead atoms. The standard InChI is InChI=1S/C16H17Cl2NO/c1-3-20-15-9-11(2)7-8-14(15)19-10-12-5-4-6-13(17)16(12)18/h4-9,19H,3,10H2,1-2H3. The third kappa shape index (κ3) is 3.59. The van der Waals surface area contributed by atoms with Gasteiger partial charge in [-0.2, -0.15) is 0 Å². The number of aryl methyl sites for hydroxylation is 1. The van der Waals surface area contributed by atoms with Gasteiger partial charge in [0.1, 0.15) is 5.75 Å². The second-order valence-corrected chi connectivity index (χ2v) is 5.28. The molecule has 106 valence electrons. The lowest BCUT2D eigenvalue weighted by molar-refractivity contribution is 0.341. The molecule has 0 amide bonds. The molecule has 0 saturated heterocycles. The molecule has 20 heavy (non-hydrogen) atoms. The van der Waals surface area contributed by atoms with E-state index < -0.39 is 0 Å². The number of hydrogen-bond donors (Lipinski definition) is 1. The minimum atomic E-state index is 0.569. The van der Waals surface area contributed by atoms with Crippen LogP contribution in [0, 0.1) is 6.92 Å². The summed E-state index contributed by atoms with van der Waals surface area (Å²) in [4.78, 5) is 0. The number of nitrogens with one attached hydrogen (secondary N) is 1. The van der Waals surface area contributed by atoms with Gasteiger partial charge in [0.25, 0.3) is 0 Å². The Balaban J connectivity index is 2.16. The molecule has 0 saturated carbocycles. The number of hydrogen-bond acceptors (Lipinski definition) is 2. The van der Waals surface area contributed by atoms with Gasteiger partial charge in [-0.05, 0) is 43.2 Å². The van der Waals surface area contributed by atoms with Crippen molar-refractivity contribution in [3.63, 3.8) is 0 Å². The Labute approximate surface area is 129 Å². The van der Waals surface area contributed by atoms with E-state index in [1.54, 1.807) is 6.07 Å². The molecule has 0 spiro atoms. The SMILES string of the molecule is CCOc1cc(C)ccc1NCc1cccc(Cl)c1Cl. The van der Waals surface area contributed by atoms with Crippen molar-refractivity contribution in [1.82, 2.24) is 0 Å². The fourth-order valence-corrected chi connectivity index (χ4v) is 2.31. The first-order chi connectivity index (χ1) is 9.61. The van der Waals surface area contributed by atoms with Crippen LogP contribution < -0.4 is 10.1 Å². The van der Waals surface area contributed by atoms with Gasteiger partial charge in [-0.3, -0.25) is 0 Å². The third-order valence-corrected chi connectivity index (χ3v) is 3.80. The highest BCUT2D eigenvalue weighted by atomic mass is 35.5. The van der Waals surface area contributed by atoms with Crippen molar-refractivity contribution in [3.05, 3.63) is 57.6 Å². The quantitative estimate of drug-likeness (QED) is 0.807. The summed E-state index contributed by atoms with van der Waals surface area (Å²) in [7, 11) is 0. The summed E-state index contributed by atoms with van der Waals surface area (Å²) in [6, 6.07) is 11.7. The van der Waals surface area contributed by atoms with Gasteiger partial charge in [-0.1, -0.05) is 41.4 Å².